The fourth-order valence-corrected chi connectivity index (χ4v) is 6.54. The lowest BCUT2D eigenvalue weighted by molar-refractivity contribution is -0.114. The summed E-state index contributed by atoms with van der Waals surface area (Å²) in [5.41, 5.74) is 3.50. The first kappa shape index (κ1) is 24.7. The summed E-state index contributed by atoms with van der Waals surface area (Å²) in [4.78, 5) is 25.5. The average molecular weight is 510 g/mol. The number of thiazole rings is 1. The normalized spacial score (nSPS) is 11.7. The summed E-state index contributed by atoms with van der Waals surface area (Å²) in [6.45, 7) is 7.25. The lowest BCUT2D eigenvalue weighted by Gasteiger charge is -2.25. The molecule has 0 atom stereocenters. The zero-order valence-electron chi connectivity index (χ0n) is 20.0. The van der Waals surface area contributed by atoms with Crippen LogP contribution in [-0.2, 0) is 14.8 Å². The van der Waals surface area contributed by atoms with E-state index < -0.39 is 22.5 Å². The topological polar surface area (TPSA) is 88.5 Å². The van der Waals surface area contributed by atoms with Gasteiger partial charge in [-0.05, 0) is 81.3 Å². The third-order valence-electron chi connectivity index (χ3n) is 5.53. The fourth-order valence-electron chi connectivity index (χ4n) is 4.06. The minimum atomic E-state index is -3.99. The van der Waals surface area contributed by atoms with Crippen molar-refractivity contribution in [2.24, 2.45) is 0 Å². The van der Waals surface area contributed by atoms with Gasteiger partial charge in [0, 0.05) is 11.7 Å². The Labute approximate surface area is 208 Å². The second-order valence-corrected chi connectivity index (χ2v) is 11.6. The minimum absolute atomic E-state index is 0.0197. The predicted octanol–water partition coefficient (Wildman–Crippen LogP) is 5.09. The number of aryl methyl sites for hydroxylation is 2. The molecule has 0 unspecified atom stereocenters. The Morgan fingerprint density at radius 2 is 1.66 bits per heavy atom. The Hall–Kier alpha value is -3.43. The van der Waals surface area contributed by atoms with Gasteiger partial charge in [0.05, 0.1) is 20.8 Å². The number of fused-ring (bicyclic) bond motifs is 1. The van der Waals surface area contributed by atoms with Crippen molar-refractivity contribution in [1.29, 1.82) is 0 Å². The van der Waals surface area contributed by atoms with Gasteiger partial charge in [0.25, 0.3) is 10.0 Å². The molecule has 4 rings (SSSR count). The monoisotopic (exact) mass is 509 g/mol. The Morgan fingerprint density at radius 3 is 2.29 bits per heavy atom. The number of amides is 1. The molecule has 0 aliphatic rings. The first-order chi connectivity index (χ1) is 16.6. The maximum absolute atomic E-state index is 13.5. The van der Waals surface area contributed by atoms with E-state index in [-0.39, 0.29) is 15.8 Å². The standard InChI is InChI=1S/C26H27N3O4S2/c1-17(2)29-23-11-10-20(15-24(23)34-26(29)31)27-25(30)16-28(21-13-18(3)12-19(4)14-21)35(32,33)22-8-6-5-7-9-22/h5-15,17H,16H2,1-4H3,(H,27,30). The largest absolute Gasteiger partial charge is 0.324 e. The SMILES string of the molecule is Cc1cc(C)cc(N(CC(=O)Nc2ccc3c(c2)sc(=O)n3C(C)C)S(=O)(=O)c2ccccc2)c1. The molecule has 1 N–H and O–H groups in total. The number of sulfonamides is 1. The van der Waals surface area contributed by atoms with Crippen LogP contribution in [0.25, 0.3) is 10.2 Å². The van der Waals surface area contributed by atoms with E-state index in [9.17, 15) is 18.0 Å². The zero-order chi connectivity index (χ0) is 25.3. The van der Waals surface area contributed by atoms with E-state index >= 15 is 0 Å². The first-order valence-corrected chi connectivity index (χ1v) is 13.4. The summed E-state index contributed by atoms with van der Waals surface area (Å²) in [7, 11) is -3.99. The highest BCUT2D eigenvalue weighted by Gasteiger charge is 2.27. The molecule has 3 aromatic carbocycles. The highest BCUT2D eigenvalue weighted by atomic mass is 32.2. The van der Waals surface area contributed by atoms with Gasteiger partial charge in [0.1, 0.15) is 6.54 Å². The van der Waals surface area contributed by atoms with E-state index in [0.717, 1.165) is 37.0 Å². The van der Waals surface area contributed by atoms with E-state index in [1.165, 1.54) is 12.1 Å². The molecular weight excluding hydrogens is 482 g/mol. The van der Waals surface area contributed by atoms with Gasteiger partial charge in [0.2, 0.25) is 5.91 Å². The number of anilines is 2. The van der Waals surface area contributed by atoms with E-state index in [4.69, 9.17) is 0 Å². The van der Waals surface area contributed by atoms with Crippen LogP contribution in [0.15, 0.2) is 76.4 Å². The van der Waals surface area contributed by atoms with Crippen LogP contribution in [-0.4, -0.2) is 25.4 Å². The number of aromatic nitrogens is 1. The van der Waals surface area contributed by atoms with Crippen LogP contribution >= 0.6 is 11.3 Å². The lowest BCUT2D eigenvalue weighted by atomic mass is 10.1. The molecule has 4 aromatic rings. The highest BCUT2D eigenvalue weighted by molar-refractivity contribution is 7.92. The van der Waals surface area contributed by atoms with Crippen molar-refractivity contribution >= 4 is 48.9 Å². The molecule has 0 bridgehead atoms. The minimum Gasteiger partial charge on any atom is -0.324 e. The molecule has 0 aliphatic carbocycles. The number of benzene rings is 3. The van der Waals surface area contributed by atoms with E-state index in [1.807, 2.05) is 33.8 Å². The van der Waals surface area contributed by atoms with Crippen molar-refractivity contribution < 1.29 is 13.2 Å². The molecule has 1 amide bonds. The van der Waals surface area contributed by atoms with Gasteiger partial charge in [-0.2, -0.15) is 0 Å². The fraction of sp³-hybridized carbons (Fsp3) is 0.231. The summed E-state index contributed by atoms with van der Waals surface area (Å²) in [5.74, 6) is -0.487. The maximum atomic E-state index is 13.5. The number of hydrogen-bond acceptors (Lipinski definition) is 5. The Morgan fingerprint density at radius 1 is 1.00 bits per heavy atom. The molecule has 1 heterocycles. The van der Waals surface area contributed by atoms with Crippen LogP contribution in [0, 0.1) is 13.8 Å². The van der Waals surface area contributed by atoms with E-state index in [2.05, 4.69) is 5.32 Å². The van der Waals surface area contributed by atoms with Gasteiger partial charge in [-0.1, -0.05) is 35.6 Å². The average Bonchev–Trinajstić information content (AvgIpc) is 3.12. The van der Waals surface area contributed by atoms with Gasteiger partial charge >= 0.3 is 4.87 Å². The Balaban J connectivity index is 1.67. The van der Waals surface area contributed by atoms with Crippen molar-refractivity contribution in [3.63, 3.8) is 0 Å². The van der Waals surface area contributed by atoms with Crippen molar-refractivity contribution in [1.82, 2.24) is 4.57 Å². The number of nitrogens with zero attached hydrogens (tertiary/aromatic N) is 2. The van der Waals surface area contributed by atoms with Crippen molar-refractivity contribution in [2.75, 3.05) is 16.2 Å². The predicted molar refractivity (Wildman–Crippen MR) is 142 cm³/mol. The van der Waals surface area contributed by atoms with Crippen LogP contribution in [0.3, 0.4) is 0 Å². The molecule has 0 radical (unpaired) electrons. The first-order valence-electron chi connectivity index (χ1n) is 11.2. The van der Waals surface area contributed by atoms with Gasteiger partial charge < -0.3 is 5.32 Å². The highest BCUT2D eigenvalue weighted by Crippen LogP contribution is 2.27. The lowest BCUT2D eigenvalue weighted by Crippen LogP contribution is -2.38. The molecular formula is C26H27N3O4S2. The van der Waals surface area contributed by atoms with E-state index in [0.29, 0.717) is 11.4 Å². The maximum Gasteiger partial charge on any atom is 0.308 e. The smallest absolute Gasteiger partial charge is 0.308 e. The third-order valence-corrected chi connectivity index (χ3v) is 8.23. The van der Waals surface area contributed by atoms with Crippen molar-refractivity contribution in [2.45, 2.75) is 38.6 Å². The summed E-state index contributed by atoms with van der Waals surface area (Å²) in [5, 5.41) is 2.80. The zero-order valence-corrected chi connectivity index (χ0v) is 21.6. The number of nitrogens with one attached hydrogen (secondary N) is 1. The molecule has 0 fully saturated rings. The Kier molecular flexibility index (Phi) is 6.82. The van der Waals surface area contributed by atoms with Gasteiger partial charge in [-0.3, -0.25) is 18.5 Å². The molecule has 0 spiro atoms. The number of rotatable bonds is 7. The van der Waals surface area contributed by atoms with Crippen LogP contribution in [0.5, 0.6) is 0 Å². The quantitative estimate of drug-likeness (QED) is 0.376. The second kappa shape index (κ2) is 9.67. The number of carbonyl (C=O) groups is 1. The van der Waals surface area contributed by atoms with Gasteiger partial charge in [-0.15, -0.1) is 0 Å². The van der Waals surface area contributed by atoms with Gasteiger partial charge in [0.15, 0.2) is 0 Å². The molecule has 35 heavy (non-hydrogen) atoms. The number of hydrogen-bond donors (Lipinski definition) is 1. The Bertz CT molecular complexity index is 1530. The summed E-state index contributed by atoms with van der Waals surface area (Å²) in [6, 6.07) is 18.8. The van der Waals surface area contributed by atoms with Crippen LogP contribution < -0.4 is 14.5 Å². The molecule has 0 saturated heterocycles. The third kappa shape index (κ3) is 5.16. The van der Waals surface area contributed by atoms with Crippen LogP contribution in [0.1, 0.15) is 31.0 Å². The molecule has 0 aliphatic heterocycles. The van der Waals surface area contributed by atoms with Crippen molar-refractivity contribution in [3.8, 4) is 0 Å². The summed E-state index contributed by atoms with van der Waals surface area (Å²) in [6.07, 6.45) is 0. The molecule has 0 saturated carbocycles. The molecule has 1 aromatic heterocycles. The summed E-state index contributed by atoms with van der Waals surface area (Å²) >= 11 is 1.11. The molecule has 7 nitrogen and oxygen atoms in total. The van der Waals surface area contributed by atoms with Crippen LogP contribution in [0.2, 0.25) is 0 Å². The second-order valence-electron chi connectivity index (χ2n) is 8.73. The van der Waals surface area contributed by atoms with Crippen molar-refractivity contribution in [3.05, 3.63) is 87.5 Å². The molecule has 182 valence electrons. The van der Waals surface area contributed by atoms with E-state index in [1.54, 1.807) is 53.1 Å². The summed E-state index contributed by atoms with van der Waals surface area (Å²) < 4.78 is 30.7. The van der Waals surface area contributed by atoms with Gasteiger partial charge in [-0.25, -0.2) is 8.42 Å². The molecule has 9 heteroatoms. The van der Waals surface area contributed by atoms with Crippen LogP contribution in [0.4, 0.5) is 11.4 Å². The number of carbonyl (C=O) groups excluding carboxylic acids is 1.